The van der Waals surface area contributed by atoms with E-state index in [-0.39, 0.29) is 24.3 Å². The van der Waals surface area contributed by atoms with E-state index >= 15 is 0 Å². The Morgan fingerprint density at radius 2 is 1.80 bits per heavy atom. The highest BCUT2D eigenvalue weighted by Gasteiger charge is 2.19. The van der Waals surface area contributed by atoms with E-state index in [1.165, 1.54) is 0 Å². The summed E-state index contributed by atoms with van der Waals surface area (Å²) in [5.41, 5.74) is 4.29. The fourth-order valence-electron chi connectivity index (χ4n) is 5.17. The lowest BCUT2D eigenvalue weighted by Crippen LogP contribution is -2.39. The topological polar surface area (TPSA) is 126 Å². The number of hydrogen-bond donors (Lipinski definition) is 3. The van der Waals surface area contributed by atoms with Gasteiger partial charge in [-0.1, -0.05) is 0 Å². The lowest BCUT2D eigenvalue weighted by Gasteiger charge is -2.29. The molecular weight excluding hydrogens is 572 g/mol. The van der Waals surface area contributed by atoms with Crippen LogP contribution in [-0.2, 0) is 16.6 Å². The lowest BCUT2D eigenvalue weighted by atomic mass is 10.0. The third-order valence-electron chi connectivity index (χ3n) is 7.52. The molecular formula is C34H44N6O5. The molecule has 1 aliphatic heterocycles. The second-order valence-corrected chi connectivity index (χ2v) is 11.5. The Hall–Kier alpha value is -4.80. The predicted molar refractivity (Wildman–Crippen MR) is 178 cm³/mol. The molecule has 11 heteroatoms. The highest BCUT2D eigenvalue weighted by Crippen LogP contribution is 2.35. The van der Waals surface area contributed by atoms with Crippen LogP contribution in [0, 0.1) is 6.92 Å². The summed E-state index contributed by atoms with van der Waals surface area (Å²) in [4.78, 5) is 43.4. The zero-order valence-corrected chi connectivity index (χ0v) is 26.8. The van der Waals surface area contributed by atoms with Crippen molar-refractivity contribution in [3.05, 3.63) is 59.9 Å². The Balaban J connectivity index is 1.27. The van der Waals surface area contributed by atoms with E-state index in [4.69, 9.17) is 9.47 Å². The minimum Gasteiger partial charge on any atom is -0.493 e. The molecule has 1 aromatic heterocycles. The Morgan fingerprint density at radius 1 is 1.04 bits per heavy atom. The van der Waals surface area contributed by atoms with Gasteiger partial charge in [-0.05, 0) is 88.4 Å². The molecule has 0 aliphatic carbocycles. The van der Waals surface area contributed by atoms with Gasteiger partial charge in [-0.25, -0.2) is 0 Å². The van der Waals surface area contributed by atoms with Gasteiger partial charge in [0.25, 0.3) is 5.91 Å². The Bertz CT molecular complexity index is 1500. The lowest BCUT2D eigenvalue weighted by molar-refractivity contribution is -0.120. The van der Waals surface area contributed by atoms with E-state index < -0.39 is 0 Å². The molecule has 1 fully saturated rings. The molecule has 4 rings (SSSR count). The number of carbonyl (C=O) groups excluding carboxylic acids is 3. The first kappa shape index (κ1) is 33.1. The van der Waals surface area contributed by atoms with Gasteiger partial charge >= 0.3 is 0 Å². The van der Waals surface area contributed by atoms with E-state index in [1.807, 2.05) is 49.5 Å². The summed E-state index contributed by atoms with van der Waals surface area (Å²) in [5, 5.41) is 9.08. The zero-order chi connectivity index (χ0) is 32.3. The minimum absolute atomic E-state index is 0.0136. The molecule has 1 saturated heterocycles. The van der Waals surface area contributed by atoms with E-state index in [0.717, 1.165) is 49.2 Å². The van der Waals surface area contributed by atoms with Crippen LogP contribution in [0.15, 0.2) is 53.7 Å². The van der Waals surface area contributed by atoms with Gasteiger partial charge in [0, 0.05) is 55.9 Å². The van der Waals surface area contributed by atoms with Gasteiger partial charge in [0.1, 0.15) is 5.69 Å². The number of nitrogens with zero attached hydrogens (tertiary/aromatic N) is 3. The molecule has 3 N–H and O–H groups in total. The number of piperidine rings is 1. The number of nitrogens with one attached hydrogen (secondary N) is 3. The minimum atomic E-state index is -0.272. The number of benzene rings is 2. The summed E-state index contributed by atoms with van der Waals surface area (Å²) in [6.07, 6.45) is 8.11. The summed E-state index contributed by atoms with van der Waals surface area (Å²) in [6, 6.07) is 13.2. The average molecular weight is 617 g/mol. The van der Waals surface area contributed by atoms with Gasteiger partial charge in [0.05, 0.1) is 31.1 Å². The molecule has 3 amide bonds. The largest absolute Gasteiger partial charge is 0.493 e. The van der Waals surface area contributed by atoms with Crippen molar-refractivity contribution in [3.8, 4) is 11.5 Å². The fourth-order valence-corrected chi connectivity index (χ4v) is 5.17. The molecule has 45 heavy (non-hydrogen) atoms. The maximum Gasteiger partial charge on any atom is 0.272 e. The van der Waals surface area contributed by atoms with Crippen LogP contribution in [0.4, 0.5) is 22.7 Å². The average Bonchev–Trinajstić information content (AvgIpc) is 3.39. The molecule has 0 bridgehead atoms. The number of anilines is 3. The summed E-state index contributed by atoms with van der Waals surface area (Å²) in [5.74, 6) is 0.668. The second-order valence-electron chi connectivity index (χ2n) is 11.5. The van der Waals surface area contributed by atoms with Gasteiger partial charge in [-0.2, -0.15) is 0 Å². The molecule has 3 aromatic rings. The van der Waals surface area contributed by atoms with Gasteiger partial charge in [0.2, 0.25) is 12.3 Å². The molecule has 0 radical (unpaired) electrons. The standard InChI is InChI=1S/C34H44N6O5/c1-23(2)36-25-11-13-26(14-12-25)38-34(43)30-18-27(21-39(30)4)37-33(42)10-8-16-45-32-19-29(24(3)17-31(32)44-5)35-20-28-9-6-7-15-40(28)22-41/h11-14,17-23,28,36H,6-10,15-16H2,1-5H3,(H,37,42)(H,38,43). The van der Waals surface area contributed by atoms with E-state index in [0.29, 0.717) is 47.6 Å². The summed E-state index contributed by atoms with van der Waals surface area (Å²) >= 11 is 0. The maximum absolute atomic E-state index is 12.9. The Labute approximate surface area is 265 Å². The van der Waals surface area contributed by atoms with Crippen molar-refractivity contribution >= 4 is 47.2 Å². The van der Waals surface area contributed by atoms with Crippen LogP contribution in [0.25, 0.3) is 0 Å². The Kier molecular flexibility index (Phi) is 11.6. The number of carbonyl (C=O) groups is 3. The number of aromatic nitrogens is 1. The number of ether oxygens (including phenoxy) is 2. The number of hydrogen-bond acceptors (Lipinski definition) is 7. The van der Waals surface area contributed by atoms with Crippen LogP contribution < -0.4 is 25.4 Å². The smallest absolute Gasteiger partial charge is 0.272 e. The first-order chi connectivity index (χ1) is 21.7. The van der Waals surface area contributed by atoms with Crippen molar-refractivity contribution < 1.29 is 23.9 Å². The van der Waals surface area contributed by atoms with E-state index in [1.54, 1.807) is 35.9 Å². The van der Waals surface area contributed by atoms with Crippen LogP contribution in [-0.4, -0.2) is 66.3 Å². The third kappa shape index (κ3) is 9.34. The van der Waals surface area contributed by atoms with Gasteiger partial charge < -0.3 is 34.9 Å². The highest BCUT2D eigenvalue weighted by atomic mass is 16.5. The molecule has 11 nitrogen and oxygen atoms in total. The maximum atomic E-state index is 12.9. The number of likely N-dealkylation sites (tertiary alicyclic amines) is 1. The van der Waals surface area contributed by atoms with Gasteiger partial charge in [-0.3, -0.25) is 19.4 Å². The van der Waals surface area contributed by atoms with E-state index in [2.05, 4.69) is 34.8 Å². The van der Waals surface area contributed by atoms with Crippen LogP contribution in [0.2, 0.25) is 0 Å². The quantitative estimate of drug-likeness (QED) is 0.117. The van der Waals surface area contributed by atoms with Crippen molar-refractivity contribution in [2.24, 2.45) is 12.0 Å². The monoisotopic (exact) mass is 616 g/mol. The van der Waals surface area contributed by atoms with Crippen LogP contribution in [0.1, 0.15) is 62.0 Å². The molecule has 0 spiro atoms. The van der Waals surface area contributed by atoms with E-state index in [9.17, 15) is 14.4 Å². The first-order valence-corrected chi connectivity index (χ1v) is 15.4. The van der Waals surface area contributed by atoms with Crippen molar-refractivity contribution in [1.29, 1.82) is 0 Å². The fraction of sp³-hybridized carbons (Fsp3) is 0.412. The zero-order valence-electron chi connectivity index (χ0n) is 26.8. The molecule has 2 aromatic carbocycles. The summed E-state index contributed by atoms with van der Waals surface area (Å²) in [7, 11) is 3.34. The van der Waals surface area contributed by atoms with Crippen molar-refractivity contribution in [3.63, 3.8) is 0 Å². The first-order valence-electron chi connectivity index (χ1n) is 15.4. The SMILES string of the molecule is COc1cc(C)c(N=CC2CCCCN2C=O)cc1OCCCC(=O)Nc1cc(C(=O)Nc2ccc(NC(C)C)cc2)n(C)c1. The number of methoxy groups -OCH3 is 1. The number of amides is 3. The van der Waals surface area contributed by atoms with Gasteiger partial charge in [-0.15, -0.1) is 0 Å². The van der Waals surface area contributed by atoms with Crippen molar-refractivity contribution in [2.75, 3.05) is 36.2 Å². The van der Waals surface area contributed by atoms with Crippen LogP contribution >= 0.6 is 0 Å². The Morgan fingerprint density at radius 3 is 2.51 bits per heavy atom. The normalized spacial score (nSPS) is 14.8. The molecule has 2 heterocycles. The second kappa shape index (κ2) is 15.8. The highest BCUT2D eigenvalue weighted by molar-refractivity contribution is 6.04. The number of aryl methyl sites for hydroxylation is 2. The molecule has 1 unspecified atom stereocenters. The predicted octanol–water partition coefficient (Wildman–Crippen LogP) is 5.93. The number of rotatable bonds is 14. The van der Waals surface area contributed by atoms with Crippen LogP contribution in [0.5, 0.6) is 11.5 Å². The molecule has 240 valence electrons. The summed E-state index contributed by atoms with van der Waals surface area (Å²) < 4.78 is 13.2. The molecule has 1 aliphatic rings. The van der Waals surface area contributed by atoms with Crippen molar-refractivity contribution in [2.45, 2.75) is 65.0 Å². The molecule has 1 atom stereocenters. The van der Waals surface area contributed by atoms with Crippen molar-refractivity contribution in [1.82, 2.24) is 9.47 Å². The van der Waals surface area contributed by atoms with Gasteiger partial charge in [0.15, 0.2) is 11.5 Å². The van der Waals surface area contributed by atoms with Crippen LogP contribution in [0.3, 0.4) is 0 Å². The summed E-state index contributed by atoms with van der Waals surface area (Å²) in [6.45, 7) is 7.12. The third-order valence-corrected chi connectivity index (χ3v) is 7.52. The number of aliphatic imine (C=N–C) groups is 1. The molecule has 0 saturated carbocycles.